The van der Waals surface area contributed by atoms with E-state index in [1.54, 1.807) is 24.3 Å². The van der Waals surface area contributed by atoms with Gasteiger partial charge in [-0.25, -0.2) is 4.79 Å². The molecule has 1 aliphatic heterocycles. The highest BCUT2D eigenvalue weighted by atomic mass is 16.5. The van der Waals surface area contributed by atoms with Crippen LogP contribution in [-0.4, -0.2) is 42.6 Å². The summed E-state index contributed by atoms with van der Waals surface area (Å²) in [5, 5.41) is 17.5. The van der Waals surface area contributed by atoms with Crippen LogP contribution in [0.5, 0.6) is 0 Å². The molecule has 3 atom stereocenters. The first-order valence-electron chi connectivity index (χ1n) is 11.1. The van der Waals surface area contributed by atoms with Crippen LogP contribution in [0.1, 0.15) is 35.7 Å². The lowest BCUT2D eigenvalue weighted by molar-refractivity contribution is -0.124. The fourth-order valence-corrected chi connectivity index (χ4v) is 4.58. The second-order valence-electron chi connectivity index (χ2n) is 8.37. The number of methoxy groups -OCH3 is 1. The average molecular weight is 447 g/mol. The van der Waals surface area contributed by atoms with E-state index < -0.39 is 12.0 Å². The smallest absolute Gasteiger partial charge is 0.337 e. The number of fused-ring (bicyclic) bond motifs is 3. The molecule has 2 aromatic carbocycles. The van der Waals surface area contributed by atoms with Crippen molar-refractivity contribution >= 4 is 33.6 Å². The van der Waals surface area contributed by atoms with Crippen LogP contribution in [0.3, 0.4) is 0 Å². The van der Waals surface area contributed by atoms with Crippen LogP contribution in [0.25, 0.3) is 21.7 Å². The summed E-state index contributed by atoms with van der Waals surface area (Å²) in [5.41, 5.74) is 1.50. The number of carbonyl (C=O) groups excluding carboxylic acids is 2. The van der Waals surface area contributed by atoms with E-state index in [2.05, 4.69) is 28.6 Å². The monoisotopic (exact) mass is 446 g/mol. The van der Waals surface area contributed by atoms with Crippen molar-refractivity contribution in [3.63, 3.8) is 0 Å². The van der Waals surface area contributed by atoms with Crippen LogP contribution < -0.4 is 16.2 Å². The number of pyridine rings is 1. The Kier molecular flexibility index (Phi) is 6.43. The predicted molar refractivity (Wildman–Crippen MR) is 125 cm³/mol. The number of H-pyrrole nitrogens is 1. The van der Waals surface area contributed by atoms with Crippen molar-refractivity contribution in [1.29, 1.82) is 5.26 Å². The first-order chi connectivity index (χ1) is 15.9. The number of amides is 1. The Hall–Kier alpha value is -3.70. The van der Waals surface area contributed by atoms with Gasteiger partial charge < -0.3 is 20.4 Å². The maximum absolute atomic E-state index is 12.7. The summed E-state index contributed by atoms with van der Waals surface area (Å²) < 4.78 is 4.80. The molecular weight excluding hydrogens is 420 g/mol. The van der Waals surface area contributed by atoms with Crippen LogP contribution in [0.15, 0.2) is 41.2 Å². The molecule has 1 amide bonds. The largest absolute Gasteiger partial charge is 0.465 e. The second kappa shape index (κ2) is 9.43. The number of rotatable bonds is 6. The second-order valence-corrected chi connectivity index (χ2v) is 8.37. The normalized spacial score (nSPS) is 18.7. The van der Waals surface area contributed by atoms with Gasteiger partial charge in [-0.05, 0) is 54.1 Å². The number of aromatic nitrogens is 1. The van der Waals surface area contributed by atoms with Gasteiger partial charge in [0.25, 0.3) is 5.56 Å². The van der Waals surface area contributed by atoms with Gasteiger partial charge in [-0.3, -0.25) is 9.59 Å². The quantitative estimate of drug-likeness (QED) is 0.395. The molecule has 0 spiro atoms. The molecule has 1 unspecified atom stereocenters. The zero-order valence-corrected chi connectivity index (χ0v) is 18.6. The van der Waals surface area contributed by atoms with Gasteiger partial charge in [0, 0.05) is 22.7 Å². The van der Waals surface area contributed by atoms with Crippen LogP contribution >= 0.6 is 0 Å². The minimum Gasteiger partial charge on any atom is -0.465 e. The maximum atomic E-state index is 12.7. The molecule has 33 heavy (non-hydrogen) atoms. The van der Waals surface area contributed by atoms with Crippen molar-refractivity contribution < 1.29 is 14.3 Å². The van der Waals surface area contributed by atoms with Crippen molar-refractivity contribution in [1.82, 2.24) is 15.6 Å². The van der Waals surface area contributed by atoms with E-state index in [0.717, 1.165) is 30.3 Å². The number of benzene rings is 2. The van der Waals surface area contributed by atoms with Gasteiger partial charge >= 0.3 is 5.97 Å². The third-order valence-electron chi connectivity index (χ3n) is 6.38. The topological polar surface area (TPSA) is 124 Å². The molecule has 1 saturated heterocycles. The first kappa shape index (κ1) is 22.5. The fourth-order valence-electron chi connectivity index (χ4n) is 4.58. The zero-order valence-electron chi connectivity index (χ0n) is 18.6. The Morgan fingerprint density at radius 2 is 2.03 bits per heavy atom. The third-order valence-corrected chi connectivity index (χ3v) is 6.38. The van der Waals surface area contributed by atoms with E-state index in [9.17, 15) is 19.6 Å². The molecular formula is C25H26N4O4. The Balaban J connectivity index is 1.61. The minimum absolute atomic E-state index is 0.161. The van der Waals surface area contributed by atoms with Crippen LogP contribution in [0, 0.1) is 17.2 Å². The van der Waals surface area contributed by atoms with Gasteiger partial charge in [0.05, 0.1) is 24.8 Å². The zero-order chi connectivity index (χ0) is 23.5. The van der Waals surface area contributed by atoms with Gasteiger partial charge in [-0.15, -0.1) is 0 Å². The lowest BCUT2D eigenvalue weighted by atomic mass is 9.96. The summed E-state index contributed by atoms with van der Waals surface area (Å²) in [6.45, 7) is 2.86. The Labute approximate surface area is 190 Å². The van der Waals surface area contributed by atoms with E-state index in [0.29, 0.717) is 21.9 Å². The summed E-state index contributed by atoms with van der Waals surface area (Å²) in [6.07, 6.45) is 2.13. The van der Waals surface area contributed by atoms with Crippen molar-refractivity contribution in [2.75, 3.05) is 13.7 Å². The van der Waals surface area contributed by atoms with Crippen LogP contribution in [0.4, 0.5) is 0 Å². The number of carbonyl (C=O) groups is 2. The Bertz CT molecular complexity index is 1320. The maximum Gasteiger partial charge on any atom is 0.337 e. The molecule has 8 nitrogen and oxygen atoms in total. The molecule has 0 bridgehead atoms. The van der Waals surface area contributed by atoms with Crippen molar-refractivity contribution in [3.8, 4) is 6.07 Å². The van der Waals surface area contributed by atoms with Gasteiger partial charge in [0.15, 0.2) is 0 Å². The summed E-state index contributed by atoms with van der Waals surface area (Å²) in [6, 6.07) is 11.5. The number of nitrogens with zero attached hydrogens (tertiary/aromatic N) is 1. The summed E-state index contributed by atoms with van der Waals surface area (Å²) in [4.78, 5) is 40.2. The predicted octanol–water partition coefficient (Wildman–Crippen LogP) is 2.41. The lowest BCUT2D eigenvalue weighted by Gasteiger charge is -2.20. The highest BCUT2D eigenvalue weighted by molar-refractivity contribution is 6.07. The lowest BCUT2D eigenvalue weighted by Crippen LogP contribution is -2.47. The van der Waals surface area contributed by atoms with E-state index in [4.69, 9.17) is 4.74 Å². The van der Waals surface area contributed by atoms with E-state index in [-0.39, 0.29) is 29.8 Å². The molecule has 4 rings (SSSR count). The third kappa shape index (κ3) is 4.45. The highest BCUT2D eigenvalue weighted by Gasteiger charge is 2.32. The standard InChI is InChI=1S/C25H26N4O4/c1-3-15-8-9-27-22(15)24(31)28-17(13-26)10-14-4-6-18-19-12-16(25(32)33-2)5-7-21(19)29-23(30)20(18)11-14/h4-7,11-12,15,17,22,27H,3,8-10H2,1-2H3,(H,28,31)(H,29,30)/t15-,17?,22-/m0/s1. The van der Waals surface area contributed by atoms with Crippen LogP contribution in [0.2, 0.25) is 0 Å². The molecule has 2 heterocycles. The average Bonchev–Trinajstić information content (AvgIpc) is 3.32. The van der Waals surface area contributed by atoms with Crippen LogP contribution in [-0.2, 0) is 16.0 Å². The first-order valence-corrected chi connectivity index (χ1v) is 11.1. The highest BCUT2D eigenvalue weighted by Crippen LogP contribution is 2.24. The number of nitrogens with one attached hydrogen (secondary N) is 3. The number of ether oxygens (including phenoxy) is 1. The summed E-state index contributed by atoms with van der Waals surface area (Å²) in [7, 11) is 1.32. The molecule has 0 aliphatic carbocycles. The number of nitriles is 1. The van der Waals surface area contributed by atoms with Gasteiger partial charge in [0.1, 0.15) is 6.04 Å². The molecule has 170 valence electrons. The van der Waals surface area contributed by atoms with Gasteiger partial charge in [0.2, 0.25) is 5.91 Å². The number of aromatic amines is 1. The summed E-state index contributed by atoms with van der Waals surface area (Å²) in [5.74, 6) is -0.347. The molecule has 0 radical (unpaired) electrons. The Morgan fingerprint density at radius 1 is 1.21 bits per heavy atom. The summed E-state index contributed by atoms with van der Waals surface area (Å²) >= 11 is 0. The molecule has 8 heteroatoms. The van der Waals surface area contributed by atoms with E-state index >= 15 is 0 Å². The molecule has 1 aliphatic rings. The number of hydrogen-bond acceptors (Lipinski definition) is 6. The van der Waals surface area contributed by atoms with E-state index in [1.165, 1.54) is 7.11 Å². The van der Waals surface area contributed by atoms with Gasteiger partial charge in [-0.2, -0.15) is 5.26 Å². The number of hydrogen-bond donors (Lipinski definition) is 3. The van der Waals surface area contributed by atoms with Crippen molar-refractivity contribution in [2.24, 2.45) is 5.92 Å². The minimum atomic E-state index is -0.708. The van der Waals surface area contributed by atoms with Crippen molar-refractivity contribution in [2.45, 2.75) is 38.3 Å². The molecule has 1 aromatic heterocycles. The fraction of sp³-hybridized carbons (Fsp3) is 0.360. The SMILES string of the molecule is CC[C@H]1CCN[C@@H]1C(=O)NC(C#N)Cc1ccc2c(c1)c(=O)[nH]c1ccc(C(=O)OC)cc12. The van der Waals surface area contributed by atoms with Crippen molar-refractivity contribution in [3.05, 3.63) is 57.9 Å². The Morgan fingerprint density at radius 3 is 2.76 bits per heavy atom. The molecule has 3 N–H and O–H groups in total. The molecule has 0 saturated carbocycles. The van der Waals surface area contributed by atoms with E-state index in [1.807, 2.05) is 12.1 Å². The molecule has 3 aromatic rings. The molecule has 1 fully saturated rings. The number of esters is 1. The van der Waals surface area contributed by atoms with Gasteiger partial charge in [-0.1, -0.05) is 25.5 Å².